The van der Waals surface area contributed by atoms with Crippen molar-refractivity contribution in [1.29, 1.82) is 0 Å². The summed E-state index contributed by atoms with van der Waals surface area (Å²) in [5, 5.41) is 6.34. The quantitative estimate of drug-likeness (QED) is 0.178. The van der Waals surface area contributed by atoms with Gasteiger partial charge in [0.15, 0.2) is 0 Å². The smallest absolute Gasteiger partial charge is 0.135 e. The molecule has 0 bridgehead atoms. The van der Waals surface area contributed by atoms with Crippen LogP contribution in [0.4, 0.5) is 0 Å². The van der Waals surface area contributed by atoms with Gasteiger partial charge in [-0.15, -0.1) is 11.3 Å². The van der Waals surface area contributed by atoms with E-state index in [0.29, 0.717) is 6.61 Å². The number of hydrogen-bond donors (Lipinski definition) is 0. The van der Waals surface area contributed by atoms with Gasteiger partial charge >= 0.3 is 0 Å². The van der Waals surface area contributed by atoms with Crippen LogP contribution in [0, 0.1) is 0 Å². The van der Waals surface area contributed by atoms with Gasteiger partial charge in [-0.1, -0.05) is 120 Å². The number of furan rings is 1. The SMILES string of the molecule is CC(C)(C)c1cc(-c2ccc3c(c2)-c2ccccc2CO3)c2c(c1)c1cc(C(C)(C)C)cc(C3C=c4c(oc5ccccc45)=CC3)c1n2-c1ccc2c3c(sc2c1)CCC=C3. The van der Waals surface area contributed by atoms with Crippen LogP contribution in [0.3, 0.4) is 0 Å². The molecule has 61 heavy (non-hydrogen) atoms. The van der Waals surface area contributed by atoms with Gasteiger partial charge < -0.3 is 13.7 Å². The zero-order valence-electron chi connectivity index (χ0n) is 35.8. The van der Waals surface area contributed by atoms with Crippen molar-refractivity contribution >= 4 is 72.4 Å². The van der Waals surface area contributed by atoms with E-state index in [9.17, 15) is 0 Å². The highest BCUT2D eigenvalue weighted by atomic mass is 32.1. The van der Waals surface area contributed by atoms with Gasteiger partial charge in [-0.25, -0.2) is 0 Å². The van der Waals surface area contributed by atoms with Crippen LogP contribution in [-0.2, 0) is 23.9 Å². The van der Waals surface area contributed by atoms with E-state index in [1.54, 1.807) is 0 Å². The molecule has 0 spiro atoms. The molecule has 9 aromatic rings. The normalized spacial score (nSPS) is 15.9. The Labute approximate surface area is 360 Å². The summed E-state index contributed by atoms with van der Waals surface area (Å²) in [6.45, 7) is 14.7. The number of ether oxygens (including phenoxy) is 1. The van der Waals surface area contributed by atoms with E-state index in [1.807, 2.05) is 11.3 Å². The topological polar surface area (TPSA) is 27.3 Å². The molecule has 1 atom stereocenters. The van der Waals surface area contributed by atoms with E-state index in [1.165, 1.54) is 97.6 Å². The standard InChI is InChI=1S/C57H49NO2S/c1-56(2,3)36-27-43(33-19-23-49-45(25-33)39-14-8-7-13-35(39)32-59-49)54-47(29-36)48-30-37(57(4,5)6)28-44(34-20-24-51-46(26-34)40-15-9-11-17-50(40)60-51)55(48)58(54)38-21-22-42-41-16-10-12-18-52(41)61-53(42)31-38/h7-11,13-17,19,21-31,34H,12,18,20,32H2,1-6H3. The number of nitrogens with zero attached hydrogens (tertiary/aromatic N) is 1. The van der Waals surface area contributed by atoms with Crippen LogP contribution >= 0.6 is 11.3 Å². The van der Waals surface area contributed by atoms with Crippen LogP contribution in [-0.4, -0.2) is 4.57 Å². The van der Waals surface area contributed by atoms with Gasteiger partial charge in [0.2, 0.25) is 0 Å². The van der Waals surface area contributed by atoms with Crippen molar-refractivity contribution in [2.75, 3.05) is 0 Å². The van der Waals surface area contributed by atoms with E-state index >= 15 is 0 Å². The summed E-state index contributed by atoms with van der Waals surface area (Å²) in [6, 6.07) is 41.3. The van der Waals surface area contributed by atoms with E-state index in [4.69, 9.17) is 9.15 Å². The lowest BCUT2D eigenvalue weighted by Crippen LogP contribution is -2.25. The summed E-state index contributed by atoms with van der Waals surface area (Å²) in [6.07, 6.45) is 12.6. The summed E-state index contributed by atoms with van der Waals surface area (Å²) < 4.78 is 16.8. The van der Waals surface area contributed by atoms with Crippen LogP contribution < -0.4 is 15.4 Å². The number of para-hydroxylation sites is 1. The number of aromatic nitrogens is 1. The maximum absolute atomic E-state index is 6.42. The molecule has 0 fully saturated rings. The Hall–Kier alpha value is -6.10. The predicted octanol–water partition coefficient (Wildman–Crippen LogP) is 14.3. The fourth-order valence-electron chi connectivity index (χ4n) is 10.2. The number of aryl methyl sites for hydroxylation is 1. The molecule has 1 unspecified atom stereocenters. The molecule has 0 saturated heterocycles. The molecule has 3 nitrogen and oxygen atoms in total. The monoisotopic (exact) mass is 811 g/mol. The van der Waals surface area contributed by atoms with Crippen molar-refractivity contribution in [1.82, 2.24) is 4.57 Å². The van der Waals surface area contributed by atoms with Crippen molar-refractivity contribution in [3.8, 4) is 33.7 Å². The molecule has 6 aromatic carbocycles. The van der Waals surface area contributed by atoms with Crippen molar-refractivity contribution in [3.63, 3.8) is 0 Å². The Balaban J connectivity index is 1.23. The molecule has 0 radical (unpaired) electrons. The lowest BCUT2D eigenvalue weighted by Gasteiger charge is -2.24. The molecule has 3 aliphatic rings. The van der Waals surface area contributed by atoms with Gasteiger partial charge in [-0.3, -0.25) is 0 Å². The van der Waals surface area contributed by atoms with Gasteiger partial charge in [0, 0.05) is 59.1 Å². The van der Waals surface area contributed by atoms with Gasteiger partial charge in [-0.05, 0) is 124 Å². The van der Waals surface area contributed by atoms with Crippen LogP contribution in [0.1, 0.15) is 93.0 Å². The summed E-state index contributed by atoms with van der Waals surface area (Å²) >= 11 is 1.97. The minimum absolute atomic E-state index is 0.0674. The minimum Gasteiger partial charge on any atom is -0.488 e. The number of rotatable bonds is 3. The fourth-order valence-corrected chi connectivity index (χ4v) is 11.5. The molecule has 300 valence electrons. The van der Waals surface area contributed by atoms with Crippen LogP contribution in [0.15, 0.2) is 120 Å². The number of allylic oxidation sites excluding steroid dienone is 1. The van der Waals surface area contributed by atoms with Crippen LogP contribution in [0.5, 0.6) is 5.75 Å². The lowest BCUT2D eigenvalue weighted by atomic mass is 9.81. The van der Waals surface area contributed by atoms with E-state index < -0.39 is 0 Å². The maximum Gasteiger partial charge on any atom is 0.135 e. The third kappa shape index (κ3) is 5.75. The van der Waals surface area contributed by atoms with E-state index in [2.05, 4.69) is 180 Å². The van der Waals surface area contributed by atoms with E-state index in [-0.39, 0.29) is 16.7 Å². The summed E-state index contributed by atoms with van der Waals surface area (Å²) in [7, 11) is 0. The average Bonchev–Trinajstić information content (AvgIpc) is 3.94. The Morgan fingerprint density at radius 2 is 1.48 bits per heavy atom. The molecule has 4 heterocycles. The van der Waals surface area contributed by atoms with Crippen molar-refractivity contribution in [2.24, 2.45) is 0 Å². The van der Waals surface area contributed by atoms with E-state index in [0.717, 1.165) is 41.6 Å². The Kier molecular flexibility index (Phi) is 7.95. The first kappa shape index (κ1) is 36.7. The molecule has 3 aromatic heterocycles. The van der Waals surface area contributed by atoms with Crippen molar-refractivity contribution < 1.29 is 9.15 Å². The molecular formula is C57H49NO2S. The molecule has 0 N–H and O–H groups in total. The molecule has 1 aliphatic heterocycles. The maximum atomic E-state index is 6.42. The summed E-state index contributed by atoms with van der Waals surface area (Å²) in [5.74, 6) is 1.09. The second-order valence-electron chi connectivity index (χ2n) is 19.5. The lowest BCUT2D eigenvalue weighted by molar-refractivity contribution is 0.302. The third-order valence-electron chi connectivity index (χ3n) is 13.6. The average molecular weight is 812 g/mol. The summed E-state index contributed by atoms with van der Waals surface area (Å²) in [4.78, 5) is 1.50. The molecule has 12 rings (SSSR count). The fraction of sp³-hybridized carbons (Fsp3) is 0.228. The number of benzene rings is 6. The molecule has 0 amide bonds. The van der Waals surface area contributed by atoms with Gasteiger partial charge in [0.05, 0.1) is 11.0 Å². The number of fused-ring (bicyclic) bond motifs is 12. The first-order valence-corrected chi connectivity index (χ1v) is 22.7. The van der Waals surface area contributed by atoms with Gasteiger partial charge in [0.25, 0.3) is 0 Å². The Morgan fingerprint density at radius 3 is 2.33 bits per heavy atom. The number of thiophene rings is 1. The second-order valence-corrected chi connectivity index (χ2v) is 20.7. The van der Waals surface area contributed by atoms with Crippen LogP contribution in [0.2, 0.25) is 0 Å². The minimum atomic E-state index is -0.0843. The Bertz CT molecular complexity index is 3480. The zero-order valence-corrected chi connectivity index (χ0v) is 36.6. The molecule has 2 aliphatic carbocycles. The van der Waals surface area contributed by atoms with Crippen molar-refractivity contribution in [2.45, 2.75) is 84.2 Å². The molecule has 0 saturated carbocycles. The second kappa shape index (κ2) is 13.2. The third-order valence-corrected chi connectivity index (χ3v) is 14.8. The van der Waals surface area contributed by atoms with Crippen LogP contribution in [0.25, 0.3) is 89.0 Å². The van der Waals surface area contributed by atoms with Gasteiger partial charge in [-0.2, -0.15) is 0 Å². The highest BCUT2D eigenvalue weighted by molar-refractivity contribution is 7.19. The Morgan fingerprint density at radius 1 is 0.689 bits per heavy atom. The first-order valence-electron chi connectivity index (χ1n) is 21.9. The molecular weight excluding hydrogens is 763 g/mol. The molecule has 4 heteroatoms. The van der Waals surface area contributed by atoms with Crippen molar-refractivity contribution in [3.05, 3.63) is 159 Å². The highest BCUT2D eigenvalue weighted by Gasteiger charge is 2.29. The highest BCUT2D eigenvalue weighted by Crippen LogP contribution is 2.48. The summed E-state index contributed by atoms with van der Waals surface area (Å²) in [5.41, 5.74) is 17.0. The number of hydrogen-bond acceptors (Lipinski definition) is 3. The van der Waals surface area contributed by atoms with Gasteiger partial charge in [0.1, 0.15) is 23.4 Å². The first-order chi connectivity index (χ1) is 29.5. The zero-order chi connectivity index (χ0) is 41.4. The predicted molar refractivity (Wildman–Crippen MR) is 258 cm³/mol. The largest absolute Gasteiger partial charge is 0.488 e.